The molecule has 1 rings (SSSR count). The van der Waals surface area contributed by atoms with E-state index in [4.69, 9.17) is 4.74 Å². The SMILES string of the molecule is CCOC(=O)c1ccc(CC)cc1SC. The van der Waals surface area contributed by atoms with Gasteiger partial charge in [0.15, 0.2) is 0 Å². The molecule has 1 aromatic carbocycles. The van der Waals surface area contributed by atoms with E-state index in [1.54, 1.807) is 11.8 Å². The van der Waals surface area contributed by atoms with E-state index in [2.05, 4.69) is 13.0 Å². The Bertz CT molecular complexity index is 347. The van der Waals surface area contributed by atoms with Crippen LogP contribution in [0.1, 0.15) is 29.8 Å². The Kier molecular flexibility index (Phi) is 4.69. The molecule has 0 aliphatic heterocycles. The van der Waals surface area contributed by atoms with E-state index < -0.39 is 0 Å². The van der Waals surface area contributed by atoms with Crippen molar-refractivity contribution >= 4 is 17.7 Å². The lowest BCUT2D eigenvalue weighted by Crippen LogP contribution is -2.06. The van der Waals surface area contributed by atoms with E-state index in [1.165, 1.54) is 5.56 Å². The van der Waals surface area contributed by atoms with Crippen molar-refractivity contribution in [3.63, 3.8) is 0 Å². The topological polar surface area (TPSA) is 26.3 Å². The number of carbonyl (C=O) groups is 1. The van der Waals surface area contributed by atoms with E-state index in [0.29, 0.717) is 12.2 Å². The van der Waals surface area contributed by atoms with Gasteiger partial charge in [0.2, 0.25) is 0 Å². The Balaban J connectivity index is 3.02. The summed E-state index contributed by atoms with van der Waals surface area (Å²) in [5, 5.41) is 0. The van der Waals surface area contributed by atoms with Crippen LogP contribution in [-0.4, -0.2) is 18.8 Å². The van der Waals surface area contributed by atoms with Crippen LogP contribution < -0.4 is 0 Å². The molecule has 0 bridgehead atoms. The fourth-order valence-corrected chi connectivity index (χ4v) is 1.97. The van der Waals surface area contributed by atoms with Crippen LogP contribution >= 0.6 is 11.8 Å². The summed E-state index contributed by atoms with van der Waals surface area (Å²) in [7, 11) is 0. The van der Waals surface area contributed by atoms with Crippen LogP contribution in [-0.2, 0) is 11.2 Å². The van der Waals surface area contributed by atoms with Gasteiger partial charge in [0.25, 0.3) is 0 Å². The van der Waals surface area contributed by atoms with Gasteiger partial charge < -0.3 is 4.74 Å². The number of carbonyl (C=O) groups excluding carboxylic acids is 1. The fraction of sp³-hybridized carbons (Fsp3) is 0.417. The molecule has 0 heterocycles. The maximum Gasteiger partial charge on any atom is 0.339 e. The van der Waals surface area contributed by atoms with Gasteiger partial charge in [-0.1, -0.05) is 13.0 Å². The summed E-state index contributed by atoms with van der Waals surface area (Å²) >= 11 is 1.58. The van der Waals surface area contributed by atoms with Crippen molar-refractivity contribution in [2.45, 2.75) is 25.2 Å². The molecule has 0 fully saturated rings. The van der Waals surface area contributed by atoms with Crippen molar-refractivity contribution < 1.29 is 9.53 Å². The molecule has 0 radical (unpaired) electrons. The predicted octanol–water partition coefficient (Wildman–Crippen LogP) is 3.15. The minimum absolute atomic E-state index is 0.232. The summed E-state index contributed by atoms with van der Waals surface area (Å²) in [6.45, 7) is 4.34. The molecular weight excluding hydrogens is 208 g/mol. The Morgan fingerprint density at radius 2 is 2.13 bits per heavy atom. The summed E-state index contributed by atoms with van der Waals surface area (Å²) in [6.07, 6.45) is 2.95. The van der Waals surface area contributed by atoms with Gasteiger partial charge in [-0.15, -0.1) is 11.8 Å². The second kappa shape index (κ2) is 5.81. The molecule has 0 saturated heterocycles. The summed E-state index contributed by atoms with van der Waals surface area (Å²) in [5.74, 6) is -0.232. The highest BCUT2D eigenvalue weighted by atomic mass is 32.2. The summed E-state index contributed by atoms with van der Waals surface area (Å²) < 4.78 is 4.99. The number of rotatable bonds is 4. The second-order valence-corrected chi connectivity index (χ2v) is 3.96. The Hall–Kier alpha value is -0.960. The van der Waals surface area contributed by atoms with E-state index in [1.807, 2.05) is 25.3 Å². The summed E-state index contributed by atoms with van der Waals surface area (Å²) in [4.78, 5) is 12.6. The quantitative estimate of drug-likeness (QED) is 0.580. The van der Waals surface area contributed by atoms with E-state index in [-0.39, 0.29) is 5.97 Å². The van der Waals surface area contributed by atoms with E-state index in [9.17, 15) is 4.79 Å². The molecule has 0 unspecified atom stereocenters. The van der Waals surface area contributed by atoms with Gasteiger partial charge in [-0.05, 0) is 37.3 Å². The zero-order valence-electron chi connectivity index (χ0n) is 9.37. The first-order valence-electron chi connectivity index (χ1n) is 5.07. The molecule has 3 heteroatoms. The first-order chi connectivity index (χ1) is 7.22. The van der Waals surface area contributed by atoms with Crippen molar-refractivity contribution in [3.05, 3.63) is 29.3 Å². The molecule has 0 saturated carbocycles. The molecule has 0 atom stereocenters. The maximum atomic E-state index is 11.6. The number of hydrogen-bond acceptors (Lipinski definition) is 3. The molecule has 0 aromatic heterocycles. The number of aryl methyl sites for hydroxylation is 1. The molecule has 0 aliphatic carbocycles. The highest BCUT2D eigenvalue weighted by Crippen LogP contribution is 2.23. The summed E-state index contributed by atoms with van der Waals surface area (Å²) in [5.41, 5.74) is 1.91. The Morgan fingerprint density at radius 3 is 2.67 bits per heavy atom. The molecule has 0 spiro atoms. The normalized spacial score (nSPS) is 10.1. The van der Waals surface area contributed by atoms with Crippen LogP contribution in [0.2, 0.25) is 0 Å². The Labute approximate surface area is 95.0 Å². The summed E-state index contributed by atoms with van der Waals surface area (Å²) in [6, 6.07) is 5.88. The van der Waals surface area contributed by atoms with Crippen molar-refractivity contribution in [1.82, 2.24) is 0 Å². The van der Waals surface area contributed by atoms with Crippen LogP contribution in [0.4, 0.5) is 0 Å². The number of benzene rings is 1. The van der Waals surface area contributed by atoms with Crippen molar-refractivity contribution in [1.29, 1.82) is 0 Å². The average Bonchev–Trinajstić information content (AvgIpc) is 2.28. The molecule has 2 nitrogen and oxygen atoms in total. The molecular formula is C12H16O2S. The minimum Gasteiger partial charge on any atom is -0.462 e. The van der Waals surface area contributed by atoms with Crippen LogP contribution in [0.3, 0.4) is 0 Å². The van der Waals surface area contributed by atoms with Gasteiger partial charge in [0.1, 0.15) is 0 Å². The van der Waals surface area contributed by atoms with Crippen LogP contribution in [0.25, 0.3) is 0 Å². The van der Waals surface area contributed by atoms with Crippen LogP contribution in [0.5, 0.6) is 0 Å². The standard InChI is InChI=1S/C12H16O2S/c1-4-9-6-7-10(11(8-9)15-3)12(13)14-5-2/h6-8H,4-5H2,1-3H3. The smallest absolute Gasteiger partial charge is 0.339 e. The lowest BCUT2D eigenvalue weighted by Gasteiger charge is -2.08. The van der Waals surface area contributed by atoms with Gasteiger partial charge >= 0.3 is 5.97 Å². The highest BCUT2D eigenvalue weighted by Gasteiger charge is 2.11. The first-order valence-corrected chi connectivity index (χ1v) is 6.29. The highest BCUT2D eigenvalue weighted by molar-refractivity contribution is 7.98. The lowest BCUT2D eigenvalue weighted by atomic mass is 10.1. The second-order valence-electron chi connectivity index (χ2n) is 3.11. The lowest BCUT2D eigenvalue weighted by molar-refractivity contribution is 0.0522. The van der Waals surface area contributed by atoms with E-state index >= 15 is 0 Å². The molecule has 82 valence electrons. The zero-order valence-corrected chi connectivity index (χ0v) is 10.2. The van der Waals surface area contributed by atoms with Crippen LogP contribution in [0, 0.1) is 0 Å². The van der Waals surface area contributed by atoms with Crippen LogP contribution in [0.15, 0.2) is 23.1 Å². The molecule has 0 amide bonds. The number of ether oxygens (including phenoxy) is 1. The third kappa shape index (κ3) is 2.99. The fourth-order valence-electron chi connectivity index (χ4n) is 1.33. The predicted molar refractivity (Wildman–Crippen MR) is 63.6 cm³/mol. The molecule has 0 N–H and O–H groups in total. The van der Waals surface area contributed by atoms with Gasteiger partial charge in [-0.3, -0.25) is 0 Å². The third-order valence-electron chi connectivity index (χ3n) is 2.17. The monoisotopic (exact) mass is 224 g/mol. The first kappa shape index (κ1) is 12.1. The van der Waals surface area contributed by atoms with Gasteiger partial charge in [0.05, 0.1) is 12.2 Å². The third-order valence-corrected chi connectivity index (χ3v) is 2.95. The van der Waals surface area contributed by atoms with Crippen molar-refractivity contribution in [2.75, 3.05) is 12.9 Å². The molecule has 1 aromatic rings. The number of esters is 1. The zero-order chi connectivity index (χ0) is 11.3. The number of thioether (sulfide) groups is 1. The largest absolute Gasteiger partial charge is 0.462 e. The van der Waals surface area contributed by atoms with Crippen molar-refractivity contribution in [3.8, 4) is 0 Å². The molecule has 0 aliphatic rings. The average molecular weight is 224 g/mol. The number of hydrogen-bond donors (Lipinski definition) is 0. The van der Waals surface area contributed by atoms with E-state index in [0.717, 1.165) is 11.3 Å². The van der Waals surface area contributed by atoms with Gasteiger partial charge in [-0.2, -0.15) is 0 Å². The van der Waals surface area contributed by atoms with Gasteiger partial charge in [0, 0.05) is 4.90 Å². The molecule has 15 heavy (non-hydrogen) atoms. The minimum atomic E-state index is -0.232. The van der Waals surface area contributed by atoms with Crippen molar-refractivity contribution in [2.24, 2.45) is 0 Å². The maximum absolute atomic E-state index is 11.6. The Morgan fingerprint density at radius 1 is 1.40 bits per heavy atom. The van der Waals surface area contributed by atoms with Gasteiger partial charge in [-0.25, -0.2) is 4.79 Å².